The molecule has 0 fully saturated rings. The predicted octanol–water partition coefficient (Wildman–Crippen LogP) is 5.84. The molecule has 41 heavy (non-hydrogen) atoms. The lowest BCUT2D eigenvalue weighted by molar-refractivity contribution is 0.0910. The van der Waals surface area contributed by atoms with Gasteiger partial charge in [0.2, 0.25) is 0 Å². The van der Waals surface area contributed by atoms with Crippen LogP contribution in [0.4, 0.5) is 11.4 Å². The highest BCUT2D eigenvalue weighted by Gasteiger charge is 2.38. The van der Waals surface area contributed by atoms with Gasteiger partial charge in [0.05, 0.1) is 33.6 Å². The highest BCUT2D eigenvalue weighted by Crippen LogP contribution is 2.37. The molecule has 0 aromatic heterocycles. The Hall–Kier alpha value is -5.15. The number of carbonyl (C=O) groups is 6. The van der Waals surface area contributed by atoms with E-state index in [2.05, 4.69) is 0 Å². The van der Waals surface area contributed by atoms with Crippen molar-refractivity contribution in [3.8, 4) is 0 Å². The molecule has 6 rings (SSSR count). The number of ketones is 2. The van der Waals surface area contributed by atoms with Gasteiger partial charge < -0.3 is 0 Å². The molecule has 0 atom stereocenters. The molecule has 0 spiro atoms. The number of carbonyl (C=O) groups excluding carboxylic acids is 6. The van der Waals surface area contributed by atoms with E-state index in [9.17, 15) is 28.8 Å². The number of rotatable bonds is 6. The van der Waals surface area contributed by atoms with Gasteiger partial charge in [-0.15, -0.1) is 0 Å². The Morgan fingerprint density at radius 2 is 0.829 bits per heavy atom. The van der Waals surface area contributed by atoms with Crippen LogP contribution in [-0.4, -0.2) is 35.2 Å². The van der Waals surface area contributed by atoms with Crippen molar-refractivity contribution >= 4 is 58.3 Å². The molecule has 0 saturated carbocycles. The zero-order valence-electron chi connectivity index (χ0n) is 21.8. The molecule has 4 amide bonds. The SMILES string of the molecule is CC(=O)c1ccc(N2C(=O)c3ccc(Sc4ccc5c(c4)C(=O)N(c4ccc(C(C)=O)cc4)C5=O)cc3C2=O)cc1. The minimum absolute atomic E-state index is 0.116. The molecule has 4 aromatic rings. The standard InChI is InChI=1S/C32H20N2O6S/c1-17(35)19-3-7-21(8-4-19)33-29(37)25-13-11-23(15-27(25)31(33)39)41-24-12-14-26-28(16-24)32(40)34(30(26)38)22-9-5-20(6-10-22)18(2)36/h3-16H,1-2H3. The Kier molecular flexibility index (Phi) is 6.23. The normalized spacial score (nSPS) is 14.0. The highest BCUT2D eigenvalue weighted by molar-refractivity contribution is 7.99. The third-order valence-electron chi connectivity index (χ3n) is 7.02. The van der Waals surface area contributed by atoms with Crippen LogP contribution in [0, 0.1) is 0 Å². The van der Waals surface area contributed by atoms with Gasteiger partial charge in [-0.25, -0.2) is 9.80 Å². The topological polar surface area (TPSA) is 109 Å². The van der Waals surface area contributed by atoms with Gasteiger partial charge in [0.1, 0.15) is 0 Å². The lowest BCUT2D eigenvalue weighted by Gasteiger charge is -2.14. The smallest absolute Gasteiger partial charge is 0.266 e. The molecule has 4 aromatic carbocycles. The summed E-state index contributed by atoms with van der Waals surface area (Å²) >= 11 is 1.29. The summed E-state index contributed by atoms with van der Waals surface area (Å²) in [4.78, 5) is 79.2. The third-order valence-corrected chi connectivity index (χ3v) is 8.00. The molecule has 2 heterocycles. The van der Waals surface area contributed by atoms with E-state index in [-0.39, 0.29) is 33.8 Å². The Balaban J connectivity index is 1.24. The van der Waals surface area contributed by atoms with E-state index in [1.54, 1.807) is 84.9 Å². The van der Waals surface area contributed by atoms with Gasteiger partial charge in [-0.3, -0.25) is 28.8 Å². The first-order chi connectivity index (χ1) is 19.6. The van der Waals surface area contributed by atoms with Crippen molar-refractivity contribution in [1.29, 1.82) is 0 Å². The van der Waals surface area contributed by atoms with Gasteiger partial charge in [0, 0.05) is 20.9 Å². The number of anilines is 2. The van der Waals surface area contributed by atoms with Crippen molar-refractivity contribution in [3.05, 3.63) is 118 Å². The summed E-state index contributed by atoms with van der Waals surface area (Å²) in [5, 5.41) is 0. The maximum atomic E-state index is 13.2. The predicted molar refractivity (Wildman–Crippen MR) is 152 cm³/mol. The van der Waals surface area contributed by atoms with E-state index < -0.39 is 23.6 Å². The minimum atomic E-state index is -0.468. The molecule has 0 radical (unpaired) electrons. The van der Waals surface area contributed by atoms with Crippen molar-refractivity contribution in [2.45, 2.75) is 23.6 Å². The summed E-state index contributed by atoms with van der Waals surface area (Å²) in [6.07, 6.45) is 0. The second kappa shape index (κ2) is 9.79. The van der Waals surface area contributed by atoms with Gasteiger partial charge in [-0.05, 0) is 98.8 Å². The number of benzene rings is 4. The molecule has 2 aliphatic heterocycles. The van der Waals surface area contributed by atoms with Crippen molar-refractivity contribution in [2.75, 3.05) is 9.80 Å². The summed E-state index contributed by atoms with van der Waals surface area (Å²) in [7, 11) is 0. The van der Waals surface area contributed by atoms with Crippen LogP contribution in [0.5, 0.6) is 0 Å². The number of nitrogens with zero attached hydrogens (tertiary/aromatic N) is 2. The van der Waals surface area contributed by atoms with E-state index in [0.29, 0.717) is 32.3 Å². The summed E-state index contributed by atoms with van der Waals surface area (Å²) < 4.78 is 0. The fourth-order valence-electron chi connectivity index (χ4n) is 4.86. The minimum Gasteiger partial charge on any atom is -0.295 e. The van der Waals surface area contributed by atoms with Crippen molar-refractivity contribution < 1.29 is 28.8 Å². The Morgan fingerprint density at radius 1 is 0.488 bits per heavy atom. The third kappa shape index (κ3) is 4.36. The Bertz CT molecular complexity index is 1710. The summed E-state index contributed by atoms with van der Waals surface area (Å²) in [5.41, 5.74) is 2.76. The maximum Gasteiger partial charge on any atom is 0.266 e. The number of hydrogen-bond donors (Lipinski definition) is 0. The molecule has 2 aliphatic rings. The lowest BCUT2D eigenvalue weighted by atomic mass is 10.1. The van der Waals surface area contributed by atoms with E-state index in [1.165, 1.54) is 25.6 Å². The molecule has 0 saturated heterocycles. The molecule has 0 unspecified atom stereocenters. The number of amides is 4. The average molecular weight is 561 g/mol. The van der Waals surface area contributed by atoms with E-state index >= 15 is 0 Å². The quantitative estimate of drug-likeness (QED) is 0.215. The van der Waals surface area contributed by atoms with Crippen LogP contribution in [0.1, 0.15) is 76.0 Å². The molecular weight excluding hydrogens is 540 g/mol. The van der Waals surface area contributed by atoms with Crippen LogP contribution in [-0.2, 0) is 0 Å². The summed E-state index contributed by atoms with van der Waals surface area (Å²) in [5.74, 6) is -2.07. The number of imide groups is 2. The van der Waals surface area contributed by atoms with Crippen LogP contribution < -0.4 is 9.80 Å². The summed E-state index contributed by atoms with van der Waals surface area (Å²) in [6, 6.07) is 22.5. The van der Waals surface area contributed by atoms with Gasteiger partial charge in [-0.2, -0.15) is 0 Å². The average Bonchev–Trinajstić information content (AvgIpc) is 3.36. The molecule has 200 valence electrons. The van der Waals surface area contributed by atoms with Crippen LogP contribution in [0.15, 0.2) is 94.7 Å². The van der Waals surface area contributed by atoms with Crippen LogP contribution in [0.3, 0.4) is 0 Å². The van der Waals surface area contributed by atoms with Crippen LogP contribution in [0.25, 0.3) is 0 Å². The molecule has 8 nitrogen and oxygen atoms in total. The lowest BCUT2D eigenvalue weighted by Crippen LogP contribution is -2.29. The summed E-state index contributed by atoms with van der Waals surface area (Å²) in [6.45, 7) is 2.88. The molecule has 0 aliphatic carbocycles. The van der Waals surface area contributed by atoms with E-state index in [1.807, 2.05) is 0 Å². The monoisotopic (exact) mass is 560 g/mol. The first-order valence-electron chi connectivity index (χ1n) is 12.6. The largest absolute Gasteiger partial charge is 0.295 e. The van der Waals surface area contributed by atoms with Crippen LogP contribution >= 0.6 is 11.8 Å². The van der Waals surface area contributed by atoms with E-state index in [4.69, 9.17) is 0 Å². The fourth-order valence-corrected chi connectivity index (χ4v) is 5.76. The van der Waals surface area contributed by atoms with Crippen molar-refractivity contribution in [1.82, 2.24) is 0 Å². The van der Waals surface area contributed by atoms with Gasteiger partial charge >= 0.3 is 0 Å². The molecule has 0 bridgehead atoms. The Labute approximate surface area is 238 Å². The maximum absolute atomic E-state index is 13.2. The number of hydrogen-bond acceptors (Lipinski definition) is 7. The molecule has 9 heteroatoms. The van der Waals surface area contributed by atoms with Gasteiger partial charge in [0.15, 0.2) is 11.6 Å². The molecule has 0 N–H and O–H groups in total. The highest BCUT2D eigenvalue weighted by atomic mass is 32.2. The van der Waals surface area contributed by atoms with Crippen molar-refractivity contribution in [3.63, 3.8) is 0 Å². The zero-order valence-corrected chi connectivity index (χ0v) is 22.7. The van der Waals surface area contributed by atoms with Gasteiger partial charge in [0.25, 0.3) is 23.6 Å². The second-order valence-corrected chi connectivity index (χ2v) is 10.8. The van der Waals surface area contributed by atoms with Crippen molar-refractivity contribution in [2.24, 2.45) is 0 Å². The zero-order chi connectivity index (χ0) is 29.0. The first kappa shape index (κ1) is 26.1. The Morgan fingerprint density at radius 3 is 1.17 bits per heavy atom. The fraction of sp³-hybridized carbons (Fsp3) is 0.0625. The van der Waals surface area contributed by atoms with E-state index in [0.717, 1.165) is 9.80 Å². The van der Waals surface area contributed by atoms with Crippen LogP contribution in [0.2, 0.25) is 0 Å². The first-order valence-corrected chi connectivity index (χ1v) is 13.4. The second-order valence-electron chi connectivity index (χ2n) is 9.61. The number of Topliss-reactive ketones (excluding diaryl/α,β-unsaturated/α-hetero) is 2. The number of fused-ring (bicyclic) bond motifs is 2. The molecular formula is C32H20N2O6S. The van der Waals surface area contributed by atoms with Gasteiger partial charge in [-0.1, -0.05) is 11.8 Å².